The second-order valence-corrected chi connectivity index (χ2v) is 8.26. The fraction of sp³-hybridized carbons (Fsp3) is 0.160. The normalized spacial score (nSPS) is 10.8. The maximum absolute atomic E-state index is 12.4. The van der Waals surface area contributed by atoms with Crippen molar-refractivity contribution >= 4 is 40.2 Å². The Balaban J connectivity index is 1.35. The number of rotatable bonds is 8. The molecule has 7 heteroatoms. The highest BCUT2D eigenvalue weighted by atomic mass is 32.2. The minimum absolute atomic E-state index is 0.00350. The van der Waals surface area contributed by atoms with Gasteiger partial charge in [0.2, 0.25) is 5.91 Å². The number of carbonyl (C=O) groups excluding carboxylic acids is 2. The van der Waals surface area contributed by atoms with Crippen molar-refractivity contribution in [3.63, 3.8) is 0 Å². The first-order valence-electron chi connectivity index (χ1n) is 10.1. The SMILES string of the molecule is COc1ccc(C(C)=O)cc1CSCC(=O)Nc1ccc(-n2cnc3ccccc32)cc1. The second kappa shape index (κ2) is 9.70. The van der Waals surface area contributed by atoms with Gasteiger partial charge in [-0.2, -0.15) is 0 Å². The highest BCUT2D eigenvalue weighted by Gasteiger charge is 2.10. The zero-order valence-electron chi connectivity index (χ0n) is 17.9. The molecule has 32 heavy (non-hydrogen) atoms. The summed E-state index contributed by atoms with van der Waals surface area (Å²) in [6.45, 7) is 1.53. The Hall–Kier alpha value is -3.58. The van der Waals surface area contributed by atoms with E-state index in [4.69, 9.17) is 4.74 Å². The van der Waals surface area contributed by atoms with Crippen LogP contribution in [-0.4, -0.2) is 34.1 Å². The summed E-state index contributed by atoms with van der Waals surface area (Å²) in [6, 6.07) is 21.0. The smallest absolute Gasteiger partial charge is 0.234 e. The van der Waals surface area contributed by atoms with Crippen molar-refractivity contribution in [2.24, 2.45) is 0 Å². The highest BCUT2D eigenvalue weighted by molar-refractivity contribution is 7.99. The van der Waals surface area contributed by atoms with Crippen molar-refractivity contribution in [3.8, 4) is 11.4 Å². The summed E-state index contributed by atoms with van der Waals surface area (Å²) in [6.07, 6.45) is 1.80. The third-order valence-corrected chi connectivity index (χ3v) is 6.04. The number of hydrogen-bond acceptors (Lipinski definition) is 5. The van der Waals surface area contributed by atoms with E-state index in [-0.39, 0.29) is 11.7 Å². The van der Waals surface area contributed by atoms with E-state index in [1.165, 1.54) is 18.7 Å². The Labute approximate surface area is 190 Å². The lowest BCUT2D eigenvalue weighted by Gasteiger charge is -2.10. The maximum atomic E-state index is 12.4. The van der Waals surface area contributed by atoms with Crippen LogP contribution in [0.2, 0.25) is 0 Å². The molecule has 0 aliphatic rings. The van der Waals surface area contributed by atoms with Crippen LogP contribution in [0.3, 0.4) is 0 Å². The second-order valence-electron chi connectivity index (χ2n) is 7.27. The number of nitrogens with zero attached hydrogens (tertiary/aromatic N) is 2. The molecule has 0 saturated carbocycles. The maximum Gasteiger partial charge on any atom is 0.234 e. The molecule has 0 bridgehead atoms. The van der Waals surface area contributed by atoms with Crippen molar-refractivity contribution in [1.29, 1.82) is 0 Å². The summed E-state index contributed by atoms with van der Waals surface area (Å²) in [4.78, 5) is 28.4. The van der Waals surface area contributed by atoms with Gasteiger partial charge in [0, 0.05) is 28.3 Å². The lowest BCUT2D eigenvalue weighted by Crippen LogP contribution is -2.14. The topological polar surface area (TPSA) is 73.2 Å². The molecule has 0 spiro atoms. The number of nitrogens with one attached hydrogen (secondary N) is 1. The first kappa shape index (κ1) is 21.6. The van der Waals surface area contributed by atoms with Gasteiger partial charge in [-0.1, -0.05) is 12.1 Å². The summed E-state index contributed by atoms with van der Waals surface area (Å²) in [7, 11) is 1.60. The Morgan fingerprint density at radius 3 is 2.59 bits per heavy atom. The number of para-hydroxylation sites is 2. The first-order valence-corrected chi connectivity index (χ1v) is 11.3. The van der Waals surface area contributed by atoms with Crippen LogP contribution in [0.1, 0.15) is 22.8 Å². The van der Waals surface area contributed by atoms with Gasteiger partial charge in [-0.3, -0.25) is 14.2 Å². The average Bonchev–Trinajstić information content (AvgIpc) is 3.23. The Morgan fingerprint density at radius 1 is 1.06 bits per heavy atom. The van der Waals surface area contributed by atoms with Gasteiger partial charge in [0.1, 0.15) is 12.1 Å². The third-order valence-electron chi connectivity index (χ3n) is 5.06. The van der Waals surface area contributed by atoms with Crippen LogP contribution in [-0.2, 0) is 10.5 Å². The number of ketones is 1. The van der Waals surface area contributed by atoms with Gasteiger partial charge >= 0.3 is 0 Å². The minimum Gasteiger partial charge on any atom is -0.496 e. The number of thioether (sulfide) groups is 1. The molecule has 0 saturated heterocycles. The summed E-state index contributed by atoms with van der Waals surface area (Å²) in [5.41, 5.74) is 5.22. The number of ether oxygens (including phenoxy) is 1. The molecule has 1 aromatic heterocycles. The van der Waals surface area contributed by atoms with E-state index in [0.717, 1.165) is 28.0 Å². The van der Waals surface area contributed by atoms with Crippen molar-refractivity contribution < 1.29 is 14.3 Å². The molecule has 0 fully saturated rings. The van der Waals surface area contributed by atoms with Crippen LogP contribution in [0.25, 0.3) is 16.7 Å². The molecule has 162 valence electrons. The molecule has 6 nitrogen and oxygen atoms in total. The van der Waals surface area contributed by atoms with Gasteiger partial charge in [0.05, 0.1) is 23.9 Å². The predicted octanol–water partition coefficient (Wildman–Crippen LogP) is 5.11. The van der Waals surface area contributed by atoms with Gasteiger partial charge in [-0.05, 0) is 61.5 Å². The Bertz CT molecular complexity index is 1270. The molecule has 1 N–H and O–H groups in total. The number of anilines is 1. The lowest BCUT2D eigenvalue weighted by atomic mass is 10.1. The van der Waals surface area contributed by atoms with Gasteiger partial charge < -0.3 is 10.1 Å². The molecular weight excluding hydrogens is 422 g/mol. The molecule has 0 radical (unpaired) electrons. The average molecular weight is 446 g/mol. The molecule has 0 unspecified atom stereocenters. The van der Waals surface area contributed by atoms with E-state index in [1.807, 2.05) is 59.2 Å². The summed E-state index contributed by atoms with van der Waals surface area (Å²) >= 11 is 1.47. The van der Waals surface area contributed by atoms with Crippen molar-refractivity contribution in [3.05, 3.63) is 84.2 Å². The molecule has 0 aliphatic carbocycles. The number of Topliss-reactive ketones (excluding diaryl/α,β-unsaturated/α-hetero) is 1. The van der Waals surface area contributed by atoms with Gasteiger partial charge in [0.25, 0.3) is 0 Å². The Morgan fingerprint density at radius 2 is 1.84 bits per heavy atom. The molecular formula is C25H23N3O3S. The lowest BCUT2D eigenvalue weighted by molar-refractivity contribution is -0.113. The van der Waals surface area contributed by atoms with Crippen molar-refractivity contribution in [1.82, 2.24) is 9.55 Å². The van der Waals surface area contributed by atoms with E-state index in [9.17, 15) is 9.59 Å². The predicted molar refractivity (Wildman–Crippen MR) is 129 cm³/mol. The molecule has 4 rings (SSSR count). The minimum atomic E-state index is -0.0856. The van der Waals surface area contributed by atoms with Crippen LogP contribution in [0.15, 0.2) is 73.1 Å². The quantitative estimate of drug-likeness (QED) is 0.382. The number of fused-ring (bicyclic) bond motifs is 1. The summed E-state index contributed by atoms with van der Waals surface area (Å²) in [5, 5.41) is 2.93. The molecule has 0 atom stereocenters. The number of benzene rings is 3. The van der Waals surface area contributed by atoms with Gasteiger partial charge in [-0.25, -0.2) is 4.98 Å². The van der Waals surface area contributed by atoms with Crippen LogP contribution in [0, 0.1) is 0 Å². The van der Waals surface area contributed by atoms with Crippen molar-refractivity contribution in [2.75, 3.05) is 18.2 Å². The number of carbonyl (C=O) groups is 2. The number of aromatic nitrogens is 2. The number of amides is 1. The van der Waals surface area contributed by atoms with E-state index < -0.39 is 0 Å². The molecule has 3 aromatic carbocycles. The third kappa shape index (κ3) is 4.84. The fourth-order valence-electron chi connectivity index (χ4n) is 3.43. The molecule has 1 heterocycles. The van der Waals surface area contributed by atoms with Crippen molar-refractivity contribution in [2.45, 2.75) is 12.7 Å². The number of imidazole rings is 1. The van der Waals surface area contributed by atoms with E-state index >= 15 is 0 Å². The zero-order valence-corrected chi connectivity index (χ0v) is 18.7. The molecule has 0 aliphatic heterocycles. The molecule has 1 amide bonds. The number of methoxy groups -OCH3 is 1. The van der Waals surface area contributed by atoms with E-state index in [2.05, 4.69) is 10.3 Å². The summed E-state index contributed by atoms with van der Waals surface area (Å²) in [5.74, 6) is 1.50. The largest absolute Gasteiger partial charge is 0.496 e. The van der Waals surface area contributed by atoms with Crippen LogP contribution < -0.4 is 10.1 Å². The zero-order chi connectivity index (χ0) is 22.5. The standard InChI is InChI=1S/C25H23N3O3S/c1-17(29)18-7-12-24(31-2)19(13-18)14-32-15-25(30)27-20-8-10-21(11-9-20)28-16-26-22-5-3-4-6-23(22)28/h3-13,16H,14-15H2,1-2H3,(H,27,30). The summed E-state index contributed by atoms with van der Waals surface area (Å²) < 4.78 is 7.38. The van der Waals surface area contributed by atoms with Gasteiger partial charge in [0.15, 0.2) is 5.78 Å². The monoisotopic (exact) mass is 445 g/mol. The van der Waals surface area contributed by atoms with E-state index in [0.29, 0.717) is 22.8 Å². The Kier molecular flexibility index (Phi) is 6.56. The number of hydrogen-bond donors (Lipinski definition) is 1. The fourth-order valence-corrected chi connectivity index (χ4v) is 4.24. The van der Waals surface area contributed by atoms with Gasteiger partial charge in [-0.15, -0.1) is 11.8 Å². The van der Waals surface area contributed by atoms with Crippen LogP contribution in [0.4, 0.5) is 5.69 Å². The van der Waals surface area contributed by atoms with Crippen LogP contribution >= 0.6 is 11.8 Å². The van der Waals surface area contributed by atoms with Crippen LogP contribution in [0.5, 0.6) is 5.75 Å². The molecule has 4 aromatic rings. The highest BCUT2D eigenvalue weighted by Crippen LogP contribution is 2.25. The van der Waals surface area contributed by atoms with E-state index in [1.54, 1.807) is 25.6 Å². The first-order chi connectivity index (χ1) is 15.5.